The van der Waals surface area contributed by atoms with Crippen LogP contribution in [0.25, 0.3) is 0 Å². The molecule has 0 aromatic rings. The molecular weight excluding hydrogens is 288 g/mol. The van der Waals surface area contributed by atoms with Gasteiger partial charge in [-0.25, -0.2) is 8.42 Å². The lowest BCUT2D eigenvalue weighted by Gasteiger charge is -2.36. The van der Waals surface area contributed by atoms with Crippen molar-refractivity contribution in [3.05, 3.63) is 0 Å². The third kappa shape index (κ3) is 5.95. The fourth-order valence-electron chi connectivity index (χ4n) is 2.32. The summed E-state index contributed by atoms with van der Waals surface area (Å²) in [4.78, 5) is 0. The van der Waals surface area contributed by atoms with Crippen LogP contribution in [0.2, 0.25) is 0 Å². The van der Waals surface area contributed by atoms with E-state index < -0.39 is 10.0 Å². The van der Waals surface area contributed by atoms with Crippen LogP contribution in [0.3, 0.4) is 0 Å². The zero-order chi connectivity index (χ0) is 13.8. The van der Waals surface area contributed by atoms with Gasteiger partial charge in [0.05, 0.1) is 18.5 Å². The first-order valence-electron chi connectivity index (χ1n) is 6.68. The van der Waals surface area contributed by atoms with Crippen LogP contribution in [0.15, 0.2) is 0 Å². The van der Waals surface area contributed by atoms with Crippen molar-refractivity contribution in [2.75, 3.05) is 25.4 Å². The first kappa shape index (κ1) is 19.1. The quantitative estimate of drug-likeness (QED) is 0.800. The second-order valence-electron chi connectivity index (χ2n) is 5.37. The van der Waals surface area contributed by atoms with Gasteiger partial charge < -0.3 is 10.5 Å². The predicted octanol–water partition coefficient (Wildman–Crippen LogP) is 1.22. The second kappa shape index (κ2) is 8.42. The third-order valence-electron chi connectivity index (χ3n) is 3.35. The van der Waals surface area contributed by atoms with Crippen molar-refractivity contribution in [1.29, 1.82) is 0 Å². The molecule has 0 bridgehead atoms. The maximum absolute atomic E-state index is 12.2. The summed E-state index contributed by atoms with van der Waals surface area (Å²) in [5.41, 5.74) is 5.69. The Balaban J connectivity index is 0.00000324. The molecule has 0 aromatic carbocycles. The molecule has 0 amide bonds. The Morgan fingerprint density at radius 3 is 2.58 bits per heavy atom. The number of sulfonamides is 1. The minimum atomic E-state index is -3.24. The number of nitrogens with two attached hydrogens (primary N) is 1. The number of halogens is 1. The lowest BCUT2D eigenvalue weighted by Crippen LogP contribution is -2.50. The van der Waals surface area contributed by atoms with Gasteiger partial charge in [0, 0.05) is 19.1 Å². The molecule has 1 fully saturated rings. The van der Waals surface area contributed by atoms with Crippen molar-refractivity contribution in [2.24, 2.45) is 11.7 Å². The van der Waals surface area contributed by atoms with Crippen LogP contribution in [0.4, 0.5) is 0 Å². The van der Waals surface area contributed by atoms with E-state index in [1.54, 1.807) is 4.31 Å². The molecule has 1 rings (SSSR count). The van der Waals surface area contributed by atoms with Crippen LogP contribution in [0.5, 0.6) is 0 Å². The van der Waals surface area contributed by atoms with Crippen molar-refractivity contribution in [3.8, 4) is 0 Å². The average Bonchev–Trinajstić information content (AvgIpc) is 2.27. The van der Waals surface area contributed by atoms with Gasteiger partial charge in [-0.15, -0.1) is 12.4 Å². The lowest BCUT2D eigenvalue weighted by molar-refractivity contribution is 0.0900. The topological polar surface area (TPSA) is 72.6 Å². The first-order chi connectivity index (χ1) is 8.36. The van der Waals surface area contributed by atoms with Crippen LogP contribution in [-0.2, 0) is 14.8 Å². The largest absolute Gasteiger partial charge is 0.378 e. The van der Waals surface area contributed by atoms with Gasteiger partial charge in [0.2, 0.25) is 10.0 Å². The van der Waals surface area contributed by atoms with Gasteiger partial charge in [0.25, 0.3) is 0 Å². The number of hydrogen-bond acceptors (Lipinski definition) is 4. The molecule has 0 radical (unpaired) electrons. The van der Waals surface area contributed by atoms with E-state index in [0.717, 1.165) is 12.8 Å². The normalized spacial score (nSPS) is 25.3. The highest BCUT2D eigenvalue weighted by molar-refractivity contribution is 7.89. The number of rotatable bonds is 6. The molecule has 2 atom stereocenters. The van der Waals surface area contributed by atoms with Crippen molar-refractivity contribution in [3.63, 3.8) is 0 Å². The summed E-state index contributed by atoms with van der Waals surface area (Å²) in [5.74, 6) is 0.604. The van der Waals surface area contributed by atoms with E-state index in [9.17, 15) is 8.42 Å². The highest BCUT2D eigenvalue weighted by atomic mass is 35.5. The van der Waals surface area contributed by atoms with E-state index in [1.807, 2.05) is 13.8 Å². The Morgan fingerprint density at radius 1 is 1.42 bits per heavy atom. The Bertz CT molecular complexity index is 349. The van der Waals surface area contributed by atoms with Gasteiger partial charge in [0.1, 0.15) is 0 Å². The molecule has 0 saturated carbocycles. The minimum Gasteiger partial charge on any atom is -0.378 e. The molecular formula is C12H27ClN2O3S. The Morgan fingerprint density at radius 2 is 2.05 bits per heavy atom. The van der Waals surface area contributed by atoms with Gasteiger partial charge in [-0.3, -0.25) is 0 Å². The fourth-order valence-corrected chi connectivity index (χ4v) is 3.87. The van der Waals surface area contributed by atoms with Crippen molar-refractivity contribution < 1.29 is 13.2 Å². The van der Waals surface area contributed by atoms with E-state index in [-0.39, 0.29) is 36.9 Å². The SMILES string of the molecule is CC1CCN(S(=O)(=O)CCOC(C)C)C(CN)C1.Cl. The average molecular weight is 315 g/mol. The molecule has 116 valence electrons. The smallest absolute Gasteiger partial charge is 0.216 e. The van der Waals surface area contributed by atoms with Crippen LogP contribution in [0.1, 0.15) is 33.6 Å². The molecule has 0 aliphatic carbocycles. The molecule has 7 heteroatoms. The van der Waals surface area contributed by atoms with Crippen molar-refractivity contribution in [2.45, 2.75) is 45.8 Å². The summed E-state index contributed by atoms with van der Waals surface area (Å²) >= 11 is 0. The van der Waals surface area contributed by atoms with Gasteiger partial charge in [0.15, 0.2) is 0 Å². The summed E-state index contributed by atoms with van der Waals surface area (Å²) in [6, 6.07) is -0.0437. The predicted molar refractivity (Wildman–Crippen MR) is 80.1 cm³/mol. The number of nitrogens with zero attached hydrogens (tertiary/aromatic N) is 1. The lowest BCUT2D eigenvalue weighted by atomic mass is 9.94. The van der Waals surface area contributed by atoms with Crippen LogP contribution < -0.4 is 5.73 Å². The fraction of sp³-hybridized carbons (Fsp3) is 1.00. The summed E-state index contributed by atoms with van der Waals surface area (Å²) in [6.45, 7) is 7.19. The van der Waals surface area contributed by atoms with E-state index in [1.165, 1.54) is 0 Å². The molecule has 0 aromatic heterocycles. The van der Waals surface area contributed by atoms with Gasteiger partial charge in [-0.05, 0) is 32.6 Å². The summed E-state index contributed by atoms with van der Waals surface area (Å²) in [6.07, 6.45) is 1.84. The standard InChI is InChI=1S/C12H26N2O3S.ClH/c1-10(2)17-6-7-18(15,16)14-5-4-11(3)8-12(14)9-13;/h10-12H,4-9,13H2,1-3H3;1H. The summed E-state index contributed by atoms with van der Waals surface area (Å²) < 4.78 is 31.4. The van der Waals surface area contributed by atoms with Crippen molar-refractivity contribution >= 4 is 22.4 Å². The maximum Gasteiger partial charge on any atom is 0.216 e. The van der Waals surface area contributed by atoms with E-state index in [4.69, 9.17) is 10.5 Å². The molecule has 2 N–H and O–H groups in total. The summed E-state index contributed by atoms with van der Waals surface area (Å²) in [5, 5.41) is 0. The molecule has 19 heavy (non-hydrogen) atoms. The van der Waals surface area contributed by atoms with Gasteiger partial charge in [-0.2, -0.15) is 4.31 Å². The zero-order valence-electron chi connectivity index (χ0n) is 12.0. The maximum atomic E-state index is 12.2. The minimum absolute atomic E-state index is 0. The van der Waals surface area contributed by atoms with Gasteiger partial charge in [-0.1, -0.05) is 6.92 Å². The molecule has 1 heterocycles. The van der Waals surface area contributed by atoms with E-state index >= 15 is 0 Å². The molecule has 1 aliphatic heterocycles. The molecule has 1 saturated heterocycles. The van der Waals surface area contributed by atoms with Crippen LogP contribution >= 0.6 is 12.4 Å². The van der Waals surface area contributed by atoms with Crippen molar-refractivity contribution in [1.82, 2.24) is 4.31 Å². The Hall–Kier alpha value is 0.120. The molecule has 5 nitrogen and oxygen atoms in total. The monoisotopic (exact) mass is 314 g/mol. The number of ether oxygens (including phenoxy) is 1. The van der Waals surface area contributed by atoms with Gasteiger partial charge >= 0.3 is 0 Å². The Labute approximate surface area is 123 Å². The molecule has 0 spiro atoms. The summed E-state index contributed by atoms with van der Waals surface area (Å²) in [7, 11) is -3.24. The van der Waals surface area contributed by atoms with E-state index in [0.29, 0.717) is 19.0 Å². The zero-order valence-corrected chi connectivity index (χ0v) is 13.7. The first-order valence-corrected chi connectivity index (χ1v) is 8.29. The second-order valence-corrected chi connectivity index (χ2v) is 7.41. The molecule has 2 unspecified atom stereocenters. The van der Waals surface area contributed by atoms with Crippen LogP contribution in [0, 0.1) is 5.92 Å². The Kier molecular flexibility index (Phi) is 8.47. The van der Waals surface area contributed by atoms with Crippen LogP contribution in [-0.4, -0.2) is 50.3 Å². The number of piperidine rings is 1. The third-order valence-corrected chi connectivity index (χ3v) is 5.22. The highest BCUT2D eigenvalue weighted by Gasteiger charge is 2.33. The number of hydrogen-bond donors (Lipinski definition) is 1. The molecule has 1 aliphatic rings. The van der Waals surface area contributed by atoms with E-state index in [2.05, 4.69) is 6.92 Å². The highest BCUT2D eigenvalue weighted by Crippen LogP contribution is 2.24.